The van der Waals surface area contributed by atoms with Crippen LogP contribution in [-0.4, -0.2) is 34.6 Å². The zero-order chi connectivity index (χ0) is 22.1. The molecule has 1 fully saturated rings. The van der Waals surface area contributed by atoms with Crippen LogP contribution < -0.4 is 0 Å². The Morgan fingerprint density at radius 3 is 2.75 bits per heavy atom. The van der Waals surface area contributed by atoms with Gasteiger partial charge in [0.15, 0.2) is 5.76 Å². The fourth-order valence-corrected chi connectivity index (χ4v) is 6.04. The lowest BCUT2D eigenvalue weighted by Gasteiger charge is -2.47. The van der Waals surface area contributed by atoms with Crippen molar-refractivity contribution in [2.75, 3.05) is 7.11 Å². The molecule has 2 unspecified atom stereocenters. The van der Waals surface area contributed by atoms with Crippen LogP contribution in [0.1, 0.15) is 87.5 Å². The first kappa shape index (κ1) is 21.6. The van der Waals surface area contributed by atoms with Crippen molar-refractivity contribution in [2.24, 2.45) is 10.9 Å². The standard InChI is InChI=1S/C27H37N3O2/c1-4-20-12-14-22(28-20)24-17-25(31-3)27(30-24)26-19(16-18(2)32-27)10-8-6-5-7-9-11-21-13-15-23(26)29-21/h12-15,17-19,26,28-29H,4-11,16H2,1-3H3/t18?,19-,26-,27?/m0/s1. The van der Waals surface area contributed by atoms with Gasteiger partial charge in [0.2, 0.25) is 5.72 Å². The minimum absolute atomic E-state index is 0.121. The van der Waals surface area contributed by atoms with Crippen LogP contribution in [-0.2, 0) is 22.3 Å². The molecular weight excluding hydrogens is 398 g/mol. The lowest BCUT2D eigenvalue weighted by molar-refractivity contribution is -0.147. The van der Waals surface area contributed by atoms with E-state index in [4.69, 9.17) is 14.5 Å². The van der Waals surface area contributed by atoms with Gasteiger partial charge < -0.3 is 19.4 Å². The van der Waals surface area contributed by atoms with Gasteiger partial charge >= 0.3 is 0 Å². The fraction of sp³-hybridized carbons (Fsp3) is 0.593. The summed E-state index contributed by atoms with van der Waals surface area (Å²) < 4.78 is 12.8. The van der Waals surface area contributed by atoms with Gasteiger partial charge in [0.1, 0.15) is 0 Å². The molecule has 4 atom stereocenters. The third-order valence-corrected chi connectivity index (χ3v) is 7.56. The van der Waals surface area contributed by atoms with Crippen molar-refractivity contribution in [3.63, 3.8) is 0 Å². The van der Waals surface area contributed by atoms with E-state index in [1.54, 1.807) is 7.11 Å². The summed E-state index contributed by atoms with van der Waals surface area (Å²) in [6.45, 7) is 4.35. The number of nitrogens with one attached hydrogen (secondary N) is 2. The van der Waals surface area contributed by atoms with Crippen LogP contribution in [0.5, 0.6) is 0 Å². The molecule has 1 saturated heterocycles. The monoisotopic (exact) mass is 435 g/mol. The van der Waals surface area contributed by atoms with Crippen LogP contribution in [0.3, 0.4) is 0 Å². The number of aryl methyl sites for hydroxylation is 2. The molecule has 3 aliphatic rings. The molecule has 5 nitrogen and oxygen atoms in total. The van der Waals surface area contributed by atoms with E-state index < -0.39 is 5.72 Å². The Kier molecular flexibility index (Phi) is 6.02. The van der Waals surface area contributed by atoms with Gasteiger partial charge in [-0.25, -0.2) is 4.99 Å². The van der Waals surface area contributed by atoms with Crippen molar-refractivity contribution >= 4 is 5.71 Å². The number of allylic oxidation sites excluding steroid dienone is 1. The number of aromatic amines is 2. The highest BCUT2D eigenvalue weighted by atomic mass is 16.6. The topological polar surface area (TPSA) is 62.4 Å². The van der Waals surface area contributed by atoms with Crippen LogP contribution in [0.25, 0.3) is 0 Å². The van der Waals surface area contributed by atoms with E-state index >= 15 is 0 Å². The maximum Gasteiger partial charge on any atom is 0.226 e. The third kappa shape index (κ3) is 3.85. The van der Waals surface area contributed by atoms with Crippen molar-refractivity contribution in [1.29, 1.82) is 0 Å². The van der Waals surface area contributed by atoms with Crippen molar-refractivity contribution < 1.29 is 9.47 Å². The SMILES string of the molecule is CCc1ccc(C2=NC3(OC(C)C[C@@H]4CCCCCCCc5ccc([nH]5)[C@H]43)C(OC)=C2)[nH]1. The predicted molar refractivity (Wildman–Crippen MR) is 128 cm³/mol. The van der Waals surface area contributed by atoms with Crippen LogP contribution >= 0.6 is 0 Å². The second kappa shape index (κ2) is 8.93. The highest BCUT2D eigenvalue weighted by Crippen LogP contribution is 2.53. The normalized spacial score (nSPS) is 30.8. The summed E-state index contributed by atoms with van der Waals surface area (Å²) in [6.07, 6.45) is 13.1. The number of aliphatic imine (C=N–C) groups is 1. The summed E-state index contributed by atoms with van der Waals surface area (Å²) in [6, 6.07) is 8.81. The van der Waals surface area contributed by atoms with Gasteiger partial charge in [0, 0.05) is 23.2 Å². The maximum atomic E-state index is 6.77. The molecule has 2 N–H and O–H groups in total. The molecular formula is C27H37N3O2. The Morgan fingerprint density at radius 1 is 1.09 bits per heavy atom. The first-order valence-electron chi connectivity index (χ1n) is 12.5. The summed E-state index contributed by atoms with van der Waals surface area (Å²) >= 11 is 0. The molecule has 1 spiro atoms. The summed E-state index contributed by atoms with van der Waals surface area (Å²) in [5.41, 5.74) is 4.93. The van der Waals surface area contributed by atoms with E-state index in [9.17, 15) is 0 Å². The molecule has 172 valence electrons. The van der Waals surface area contributed by atoms with E-state index in [1.165, 1.54) is 55.6 Å². The molecule has 2 bridgehead atoms. The number of H-pyrrole nitrogens is 2. The molecule has 32 heavy (non-hydrogen) atoms. The molecule has 5 heterocycles. The van der Waals surface area contributed by atoms with Crippen LogP contribution in [0.4, 0.5) is 0 Å². The number of aromatic nitrogens is 2. The van der Waals surface area contributed by atoms with E-state index in [1.807, 2.05) is 0 Å². The second-order valence-corrected chi connectivity index (χ2v) is 9.80. The number of hydrogen-bond acceptors (Lipinski definition) is 3. The van der Waals surface area contributed by atoms with Gasteiger partial charge in [-0.3, -0.25) is 0 Å². The minimum atomic E-state index is -0.809. The van der Waals surface area contributed by atoms with Crippen molar-refractivity contribution in [3.8, 4) is 0 Å². The quantitative estimate of drug-likeness (QED) is 0.617. The Labute approximate surface area is 191 Å². The number of rotatable bonds is 3. The maximum absolute atomic E-state index is 6.77. The number of fused-ring (bicyclic) bond motifs is 5. The van der Waals surface area contributed by atoms with Gasteiger partial charge in [-0.15, -0.1) is 0 Å². The average Bonchev–Trinajstić information content (AvgIpc) is 3.51. The first-order valence-corrected chi connectivity index (χ1v) is 12.5. The highest BCUT2D eigenvalue weighted by molar-refractivity contribution is 6.09. The van der Waals surface area contributed by atoms with Crippen LogP contribution in [0.2, 0.25) is 0 Å². The first-order chi connectivity index (χ1) is 15.6. The van der Waals surface area contributed by atoms with Crippen molar-refractivity contribution in [1.82, 2.24) is 9.97 Å². The largest absolute Gasteiger partial charge is 0.496 e. The molecule has 0 aliphatic carbocycles. The van der Waals surface area contributed by atoms with E-state index in [2.05, 4.69) is 54.2 Å². The number of nitrogens with zero attached hydrogens (tertiary/aromatic N) is 1. The average molecular weight is 436 g/mol. The lowest BCUT2D eigenvalue weighted by Crippen LogP contribution is -2.49. The van der Waals surface area contributed by atoms with Gasteiger partial charge in [-0.05, 0) is 69.2 Å². The van der Waals surface area contributed by atoms with Gasteiger partial charge in [-0.1, -0.05) is 32.6 Å². The molecule has 0 amide bonds. The minimum Gasteiger partial charge on any atom is -0.496 e. The Hall–Kier alpha value is -2.27. The zero-order valence-corrected chi connectivity index (χ0v) is 19.7. The van der Waals surface area contributed by atoms with Crippen LogP contribution in [0.15, 0.2) is 41.1 Å². The molecule has 2 aromatic heterocycles. The van der Waals surface area contributed by atoms with Gasteiger partial charge in [0.25, 0.3) is 0 Å². The van der Waals surface area contributed by atoms with Crippen molar-refractivity contribution in [2.45, 2.75) is 89.4 Å². The highest BCUT2D eigenvalue weighted by Gasteiger charge is 2.56. The summed E-state index contributed by atoms with van der Waals surface area (Å²) in [7, 11) is 1.76. The van der Waals surface area contributed by atoms with E-state index in [0.717, 1.165) is 36.4 Å². The van der Waals surface area contributed by atoms with Crippen LogP contribution in [0, 0.1) is 5.92 Å². The Bertz CT molecular complexity index is 1000. The Balaban J connectivity index is 1.61. The smallest absolute Gasteiger partial charge is 0.226 e. The summed E-state index contributed by atoms with van der Waals surface area (Å²) in [5, 5.41) is 0. The molecule has 0 aromatic carbocycles. The summed E-state index contributed by atoms with van der Waals surface area (Å²) in [4.78, 5) is 12.6. The number of methoxy groups -OCH3 is 1. The molecule has 5 heteroatoms. The number of hydrogen-bond donors (Lipinski definition) is 2. The molecule has 3 aliphatic heterocycles. The van der Waals surface area contributed by atoms with E-state index in [0.29, 0.717) is 5.92 Å². The molecule has 0 radical (unpaired) electrons. The second-order valence-electron chi connectivity index (χ2n) is 9.80. The Morgan fingerprint density at radius 2 is 1.94 bits per heavy atom. The molecule has 5 rings (SSSR count). The number of ether oxygens (including phenoxy) is 2. The van der Waals surface area contributed by atoms with Gasteiger partial charge in [-0.2, -0.15) is 0 Å². The summed E-state index contributed by atoms with van der Waals surface area (Å²) in [5.74, 6) is 1.45. The van der Waals surface area contributed by atoms with Gasteiger partial charge in [0.05, 0.1) is 30.5 Å². The predicted octanol–water partition coefficient (Wildman–Crippen LogP) is 6.04. The lowest BCUT2D eigenvalue weighted by atomic mass is 9.73. The van der Waals surface area contributed by atoms with E-state index in [-0.39, 0.29) is 12.0 Å². The molecule has 2 aromatic rings. The zero-order valence-electron chi connectivity index (χ0n) is 19.7. The fourth-order valence-electron chi connectivity index (χ4n) is 6.04. The third-order valence-electron chi connectivity index (χ3n) is 7.56. The van der Waals surface area contributed by atoms with Crippen molar-refractivity contribution in [3.05, 3.63) is 58.9 Å². The molecule has 0 saturated carbocycles.